The highest BCUT2D eigenvalue weighted by molar-refractivity contribution is 9.10. The molecule has 0 spiro atoms. The molecule has 1 N–H and O–H groups in total. The summed E-state index contributed by atoms with van der Waals surface area (Å²) in [4.78, 5) is 0.294. The zero-order valence-corrected chi connectivity index (χ0v) is 12.4. The van der Waals surface area contributed by atoms with E-state index in [1.54, 1.807) is 24.3 Å². The lowest BCUT2D eigenvalue weighted by atomic mass is 10.4. The van der Waals surface area contributed by atoms with E-state index in [2.05, 4.69) is 36.6 Å². The molecule has 0 saturated heterocycles. The summed E-state index contributed by atoms with van der Waals surface area (Å²) in [7, 11) is -3.43. The van der Waals surface area contributed by atoms with Crippen LogP contribution in [-0.2, 0) is 10.0 Å². The van der Waals surface area contributed by atoms with E-state index in [-0.39, 0.29) is 5.54 Å². The fraction of sp³-hybridized carbons (Fsp3) is 0.400. The number of benzene rings is 1. The molecule has 6 heteroatoms. The molecule has 0 radical (unpaired) electrons. The van der Waals surface area contributed by atoms with Crippen LogP contribution in [0, 0.1) is 0 Å². The number of sulfonamides is 1. The Bertz CT molecular complexity index is 497. The average molecular weight is 369 g/mol. The summed E-state index contributed by atoms with van der Waals surface area (Å²) < 4.78 is 27.5. The summed E-state index contributed by atoms with van der Waals surface area (Å²) in [5.41, 5.74) is -0.270. The molecular formula is C10H11Br2NO2S. The molecule has 2 rings (SSSR count). The van der Waals surface area contributed by atoms with Gasteiger partial charge in [-0.15, -0.1) is 0 Å². The first-order valence-electron chi connectivity index (χ1n) is 4.84. The van der Waals surface area contributed by atoms with Gasteiger partial charge in [-0.25, -0.2) is 13.1 Å². The van der Waals surface area contributed by atoms with Crippen molar-refractivity contribution in [2.45, 2.75) is 23.3 Å². The molecule has 0 heterocycles. The number of nitrogens with one attached hydrogen (secondary N) is 1. The average Bonchev–Trinajstić information content (AvgIpc) is 2.98. The molecule has 1 aliphatic carbocycles. The second-order valence-electron chi connectivity index (χ2n) is 3.95. The second kappa shape index (κ2) is 4.40. The first-order valence-corrected chi connectivity index (χ1v) is 8.23. The third kappa shape index (κ3) is 2.50. The highest BCUT2D eigenvalue weighted by Crippen LogP contribution is 2.38. The number of halogens is 2. The van der Waals surface area contributed by atoms with Gasteiger partial charge in [-0.2, -0.15) is 0 Å². The van der Waals surface area contributed by atoms with Crippen LogP contribution in [0.3, 0.4) is 0 Å². The largest absolute Gasteiger partial charge is 0.242 e. The first kappa shape index (κ1) is 12.5. The van der Waals surface area contributed by atoms with E-state index in [0.717, 1.165) is 12.8 Å². The Morgan fingerprint density at radius 2 is 1.94 bits per heavy atom. The third-order valence-corrected chi connectivity index (χ3v) is 6.25. The quantitative estimate of drug-likeness (QED) is 0.830. The molecule has 16 heavy (non-hydrogen) atoms. The van der Waals surface area contributed by atoms with Gasteiger partial charge < -0.3 is 0 Å². The van der Waals surface area contributed by atoms with Crippen LogP contribution in [0.25, 0.3) is 0 Å². The van der Waals surface area contributed by atoms with Crippen LogP contribution in [-0.4, -0.2) is 19.3 Å². The van der Waals surface area contributed by atoms with Crippen molar-refractivity contribution in [2.24, 2.45) is 0 Å². The summed E-state index contributed by atoms with van der Waals surface area (Å²) in [5.74, 6) is 0. The minimum Gasteiger partial charge on any atom is -0.207 e. The fourth-order valence-corrected chi connectivity index (χ4v) is 4.77. The molecular weight excluding hydrogens is 358 g/mol. The maximum absolute atomic E-state index is 12.1. The second-order valence-corrected chi connectivity index (χ2v) is 7.02. The van der Waals surface area contributed by atoms with E-state index in [4.69, 9.17) is 0 Å². The van der Waals surface area contributed by atoms with Crippen molar-refractivity contribution in [3.63, 3.8) is 0 Å². The molecule has 0 aromatic heterocycles. The molecule has 1 aromatic carbocycles. The van der Waals surface area contributed by atoms with Gasteiger partial charge in [0, 0.05) is 15.3 Å². The molecule has 1 aromatic rings. The lowest BCUT2D eigenvalue weighted by Gasteiger charge is -2.15. The molecule has 1 saturated carbocycles. The smallest absolute Gasteiger partial charge is 0.207 e. The summed E-state index contributed by atoms with van der Waals surface area (Å²) in [6.07, 6.45) is 1.78. The minimum absolute atomic E-state index is 0.270. The van der Waals surface area contributed by atoms with Crippen molar-refractivity contribution in [3.8, 4) is 0 Å². The topological polar surface area (TPSA) is 46.2 Å². The van der Waals surface area contributed by atoms with Crippen molar-refractivity contribution >= 4 is 41.9 Å². The van der Waals surface area contributed by atoms with Gasteiger partial charge in [-0.1, -0.05) is 28.1 Å². The summed E-state index contributed by atoms with van der Waals surface area (Å²) in [5, 5.41) is 0.656. The Morgan fingerprint density at radius 3 is 2.44 bits per heavy atom. The van der Waals surface area contributed by atoms with Crippen LogP contribution in [0.4, 0.5) is 0 Å². The van der Waals surface area contributed by atoms with Crippen LogP contribution < -0.4 is 4.72 Å². The number of hydrogen-bond acceptors (Lipinski definition) is 2. The van der Waals surface area contributed by atoms with Crippen molar-refractivity contribution in [1.82, 2.24) is 4.72 Å². The highest BCUT2D eigenvalue weighted by Gasteiger charge is 2.45. The first-order chi connectivity index (χ1) is 7.49. The van der Waals surface area contributed by atoms with Crippen LogP contribution >= 0.6 is 31.9 Å². The zero-order valence-electron chi connectivity index (χ0n) is 8.41. The van der Waals surface area contributed by atoms with Crippen molar-refractivity contribution < 1.29 is 8.42 Å². The maximum Gasteiger partial charge on any atom is 0.242 e. The molecule has 3 nitrogen and oxygen atoms in total. The standard InChI is InChI=1S/C10H11Br2NO2S/c11-7-10(5-6-10)13-16(14,15)9-4-2-1-3-8(9)12/h1-4,13H,5-7H2. The maximum atomic E-state index is 12.1. The number of hydrogen-bond donors (Lipinski definition) is 1. The Morgan fingerprint density at radius 1 is 1.31 bits per heavy atom. The molecule has 1 aliphatic rings. The van der Waals surface area contributed by atoms with Crippen LogP contribution in [0.1, 0.15) is 12.8 Å². The Labute approximate surface area is 112 Å². The predicted octanol–water partition coefficient (Wildman–Crippen LogP) is 2.65. The normalized spacial score (nSPS) is 18.4. The van der Waals surface area contributed by atoms with Gasteiger partial charge in [0.2, 0.25) is 10.0 Å². The van der Waals surface area contributed by atoms with Crippen LogP contribution in [0.15, 0.2) is 33.6 Å². The van der Waals surface area contributed by atoms with Crippen molar-refractivity contribution in [2.75, 3.05) is 5.33 Å². The van der Waals surface area contributed by atoms with Crippen molar-refractivity contribution in [1.29, 1.82) is 0 Å². The summed E-state index contributed by atoms with van der Waals surface area (Å²) in [6.45, 7) is 0. The monoisotopic (exact) mass is 367 g/mol. The molecule has 0 amide bonds. The van der Waals surface area contributed by atoms with Gasteiger partial charge in [0.1, 0.15) is 0 Å². The SMILES string of the molecule is O=S(=O)(NC1(CBr)CC1)c1ccccc1Br. The fourth-order valence-electron chi connectivity index (χ4n) is 1.42. The van der Waals surface area contributed by atoms with Gasteiger partial charge in [0.15, 0.2) is 0 Å². The van der Waals surface area contributed by atoms with E-state index in [1.807, 2.05) is 0 Å². The van der Waals surface area contributed by atoms with Crippen molar-refractivity contribution in [3.05, 3.63) is 28.7 Å². The minimum atomic E-state index is -3.43. The van der Waals surface area contributed by atoms with Gasteiger partial charge >= 0.3 is 0 Å². The van der Waals surface area contributed by atoms with E-state index in [9.17, 15) is 8.42 Å². The van der Waals surface area contributed by atoms with Gasteiger partial charge in [0.05, 0.1) is 4.90 Å². The Kier molecular flexibility index (Phi) is 3.45. The van der Waals surface area contributed by atoms with E-state index in [1.165, 1.54) is 0 Å². The molecule has 0 aliphatic heterocycles. The van der Waals surface area contributed by atoms with Gasteiger partial charge in [-0.05, 0) is 40.9 Å². The predicted molar refractivity (Wildman–Crippen MR) is 70.2 cm³/mol. The molecule has 0 unspecified atom stereocenters. The van der Waals surface area contributed by atoms with E-state index >= 15 is 0 Å². The third-order valence-electron chi connectivity index (χ3n) is 2.59. The van der Waals surface area contributed by atoms with E-state index < -0.39 is 10.0 Å². The summed E-state index contributed by atoms with van der Waals surface area (Å²) in [6, 6.07) is 6.83. The lowest BCUT2D eigenvalue weighted by molar-refractivity contribution is 0.560. The molecule has 0 atom stereocenters. The summed E-state index contributed by atoms with van der Waals surface area (Å²) >= 11 is 6.59. The van der Waals surface area contributed by atoms with Crippen LogP contribution in [0.5, 0.6) is 0 Å². The lowest BCUT2D eigenvalue weighted by Crippen LogP contribution is -2.38. The molecule has 0 bridgehead atoms. The Balaban J connectivity index is 2.30. The van der Waals surface area contributed by atoms with E-state index in [0.29, 0.717) is 14.7 Å². The van der Waals surface area contributed by atoms with Gasteiger partial charge in [-0.3, -0.25) is 0 Å². The Hall–Kier alpha value is 0.0900. The highest BCUT2D eigenvalue weighted by atomic mass is 79.9. The molecule has 1 fully saturated rings. The van der Waals surface area contributed by atoms with Gasteiger partial charge in [0.25, 0.3) is 0 Å². The molecule has 88 valence electrons. The number of alkyl halides is 1. The van der Waals surface area contributed by atoms with Crippen LogP contribution in [0.2, 0.25) is 0 Å². The number of rotatable bonds is 4. The zero-order chi connectivity index (χ0) is 11.8.